The first-order valence-corrected chi connectivity index (χ1v) is 6.40. The Morgan fingerprint density at radius 3 is 2.32 bits per heavy atom. The van der Waals surface area contributed by atoms with Crippen LogP contribution in [0.2, 0.25) is 0 Å². The number of carbonyl (C=O) groups is 3. The van der Waals surface area contributed by atoms with E-state index in [0.29, 0.717) is 19.4 Å². The van der Waals surface area contributed by atoms with Crippen LogP contribution < -0.4 is 5.32 Å². The van der Waals surface area contributed by atoms with E-state index in [2.05, 4.69) is 5.32 Å². The summed E-state index contributed by atoms with van der Waals surface area (Å²) in [5.74, 6) is -1.59. The third kappa shape index (κ3) is 6.64. The van der Waals surface area contributed by atoms with E-state index in [4.69, 9.17) is 9.84 Å². The molecule has 0 rings (SSSR count). The Balaban J connectivity index is 4.48. The van der Waals surface area contributed by atoms with Crippen LogP contribution in [-0.2, 0) is 14.3 Å². The molecule has 1 atom stereocenters. The van der Waals surface area contributed by atoms with E-state index in [1.165, 1.54) is 4.90 Å². The molecule has 7 heteroatoms. The highest BCUT2D eigenvalue weighted by molar-refractivity contribution is 5.85. The van der Waals surface area contributed by atoms with Crippen molar-refractivity contribution < 1.29 is 24.2 Å². The maximum Gasteiger partial charge on any atom is 0.326 e. The summed E-state index contributed by atoms with van der Waals surface area (Å²) in [4.78, 5) is 35.3. The van der Waals surface area contributed by atoms with Crippen molar-refractivity contribution in [1.29, 1.82) is 0 Å². The number of carboxylic acids is 1. The zero-order valence-electron chi connectivity index (χ0n) is 11.6. The molecule has 2 amide bonds. The second-order valence-electron chi connectivity index (χ2n) is 3.95. The number of esters is 1. The minimum Gasteiger partial charge on any atom is -0.480 e. The number of hydrogen-bond acceptors (Lipinski definition) is 4. The van der Waals surface area contributed by atoms with E-state index in [0.717, 1.165) is 0 Å². The molecule has 0 aromatic rings. The molecule has 7 nitrogen and oxygen atoms in total. The molecular formula is C12H22N2O5. The molecule has 2 N–H and O–H groups in total. The predicted octanol–water partition coefficient (Wildman–Crippen LogP) is 0.834. The SMILES string of the molecule is CCCC(NC(=O)N(CC)CC(=O)OCC)C(=O)O. The molecule has 0 fully saturated rings. The van der Waals surface area contributed by atoms with E-state index >= 15 is 0 Å². The maximum atomic E-state index is 11.8. The Kier molecular flexibility index (Phi) is 8.32. The van der Waals surface area contributed by atoms with Gasteiger partial charge in [-0.3, -0.25) is 4.79 Å². The van der Waals surface area contributed by atoms with Gasteiger partial charge in [-0.15, -0.1) is 0 Å². The first-order chi connectivity index (χ1) is 8.96. The summed E-state index contributed by atoms with van der Waals surface area (Å²) < 4.78 is 4.75. The van der Waals surface area contributed by atoms with Crippen LogP contribution in [-0.4, -0.2) is 53.7 Å². The van der Waals surface area contributed by atoms with Gasteiger partial charge in [-0.2, -0.15) is 0 Å². The highest BCUT2D eigenvalue weighted by Crippen LogP contribution is 1.99. The summed E-state index contributed by atoms with van der Waals surface area (Å²) >= 11 is 0. The van der Waals surface area contributed by atoms with Gasteiger partial charge in [0.15, 0.2) is 0 Å². The van der Waals surface area contributed by atoms with Crippen molar-refractivity contribution in [2.24, 2.45) is 0 Å². The van der Waals surface area contributed by atoms with Crippen LogP contribution in [0.1, 0.15) is 33.6 Å². The third-order valence-electron chi connectivity index (χ3n) is 2.47. The molecule has 0 aromatic heterocycles. The van der Waals surface area contributed by atoms with Crippen LogP contribution in [0.5, 0.6) is 0 Å². The number of hydrogen-bond donors (Lipinski definition) is 2. The predicted molar refractivity (Wildman–Crippen MR) is 68.7 cm³/mol. The number of rotatable bonds is 8. The van der Waals surface area contributed by atoms with Gasteiger partial charge < -0.3 is 20.1 Å². The Morgan fingerprint density at radius 1 is 1.26 bits per heavy atom. The van der Waals surface area contributed by atoms with Gasteiger partial charge in [0.05, 0.1) is 6.61 Å². The van der Waals surface area contributed by atoms with Gasteiger partial charge in [0.2, 0.25) is 0 Å². The fraction of sp³-hybridized carbons (Fsp3) is 0.750. The fourth-order valence-electron chi connectivity index (χ4n) is 1.48. The molecule has 0 bridgehead atoms. The van der Waals surface area contributed by atoms with Crippen molar-refractivity contribution in [2.45, 2.75) is 39.7 Å². The number of urea groups is 1. The Bertz CT molecular complexity index is 319. The van der Waals surface area contributed by atoms with Crippen LogP contribution in [0.15, 0.2) is 0 Å². The summed E-state index contributed by atoms with van der Waals surface area (Å²) in [6.07, 6.45) is 0.985. The van der Waals surface area contributed by atoms with Gasteiger partial charge in [0, 0.05) is 6.54 Å². The minimum atomic E-state index is -1.08. The van der Waals surface area contributed by atoms with Crippen LogP contribution in [0, 0.1) is 0 Å². The number of ether oxygens (including phenoxy) is 1. The summed E-state index contributed by atoms with van der Waals surface area (Å²) in [5, 5.41) is 11.3. The maximum absolute atomic E-state index is 11.8. The summed E-state index contributed by atoms with van der Waals surface area (Å²) in [6, 6.07) is -1.51. The van der Waals surface area contributed by atoms with Crippen LogP contribution in [0.3, 0.4) is 0 Å². The number of nitrogens with zero attached hydrogens (tertiary/aromatic N) is 1. The quantitative estimate of drug-likeness (QED) is 0.639. The second kappa shape index (κ2) is 9.18. The lowest BCUT2D eigenvalue weighted by molar-refractivity contribution is -0.143. The van der Waals surface area contributed by atoms with Gasteiger partial charge in [0.1, 0.15) is 12.6 Å². The van der Waals surface area contributed by atoms with Gasteiger partial charge >= 0.3 is 18.0 Å². The van der Waals surface area contributed by atoms with Crippen molar-refractivity contribution in [3.8, 4) is 0 Å². The molecule has 0 saturated carbocycles. The molecule has 1 unspecified atom stereocenters. The van der Waals surface area contributed by atoms with E-state index < -0.39 is 24.0 Å². The molecule has 19 heavy (non-hydrogen) atoms. The molecule has 0 aliphatic heterocycles. The van der Waals surface area contributed by atoms with Crippen molar-refractivity contribution in [3.05, 3.63) is 0 Å². The Labute approximate surface area is 112 Å². The molecule has 0 aromatic carbocycles. The molecule has 110 valence electrons. The normalized spacial score (nSPS) is 11.5. The zero-order valence-corrected chi connectivity index (χ0v) is 11.6. The minimum absolute atomic E-state index is 0.186. The summed E-state index contributed by atoms with van der Waals surface area (Å²) in [7, 11) is 0. The van der Waals surface area contributed by atoms with Crippen LogP contribution in [0.4, 0.5) is 4.79 Å². The monoisotopic (exact) mass is 274 g/mol. The second-order valence-corrected chi connectivity index (χ2v) is 3.95. The fourth-order valence-corrected chi connectivity index (χ4v) is 1.48. The molecule has 0 saturated heterocycles. The average Bonchev–Trinajstić information content (AvgIpc) is 2.35. The van der Waals surface area contributed by atoms with E-state index in [1.54, 1.807) is 13.8 Å². The lowest BCUT2D eigenvalue weighted by Gasteiger charge is -2.22. The molecule has 0 aliphatic carbocycles. The lowest BCUT2D eigenvalue weighted by atomic mass is 10.2. The van der Waals surface area contributed by atoms with Crippen molar-refractivity contribution in [2.75, 3.05) is 19.7 Å². The lowest BCUT2D eigenvalue weighted by Crippen LogP contribution is -2.49. The zero-order chi connectivity index (χ0) is 14.8. The number of nitrogens with one attached hydrogen (secondary N) is 1. The molecule has 0 radical (unpaired) electrons. The smallest absolute Gasteiger partial charge is 0.326 e. The first kappa shape index (κ1) is 17.2. The van der Waals surface area contributed by atoms with Gasteiger partial charge in [-0.25, -0.2) is 9.59 Å². The number of amides is 2. The third-order valence-corrected chi connectivity index (χ3v) is 2.47. The Morgan fingerprint density at radius 2 is 1.89 bits per heavy atom. The van der Waals surface area contributed by atoms with Gasteiger partial charge in [0.25, 0.3) is 0 Å². The number of carboxylic acid groups (broad SMARTS) is 1. The summed E-state index contributed by atoms with van der Waals surface area (Å²) in [5.41, 5.74) is 0. The average molecular weight is 274 g/mol. The Hall–Kier alpha value is -1.79. The highest BCUT2D eigenvalue weighted by Gasteiger charge is 2.23. The largest absolute Gasteiger partial charge is 0.480 e. The van der Waals surface area contributed by atoms with Crippen LogP contribution in [0.25, 0.3) is 0 Å². The standard InChI is InChI=1S/C12H22N2O5/c1-4-7-9(11(16)17)13-12(18)14(5-2)8-10(15)19-6-3/h9H,4-8H2,1-3H3,(H,13,18)(H,16,17). The highest BCUT2D eigenvalue weighted by atomic mass is 16.5. The van der Waals surface area contributed by atoms with E-state index in [1.807, 2.05) is 6.92 Å². The number of carbonyl (C=O) groups excluding carboxylic acids is 2. The number of aliphatic carboxylic acids is 1. The van der Waals surface area contributed by atoms with Crippen LogP contribution >= 0.6 is 0 Å². The van der Waals surface area contributed by atoms with E-state index in [9.17, 15) is 14.4 Å². The topological polar surface area (TPSA) is 95.9 Å². The van der Waals surface area contributed by atoms with E-state index in [-0.39, 0.29) is 13.2 Å². The van der Waals surface area contributed by atoms with Crippen molar-refractivity contribution >= 4 is 18.0 Å². The molecule has 0 spiro atoms. The summed E-state index contributed by atoms with van der Waals surface area (Å²) in [6.45, 7) is 5.56. The molecule has 0 heterocycles. The molecule has 0 aliphatic rings. The van der Waals surface area contributed by atoms with Gasteiger partial charge in [-0.1, -0.05) is 13.3 Å². The van der Waals surface area contributed by atoms with Crippen molar-refractivity contribution in [3.63, 3.8) is 0 Å². The molecular weight excluding hydrogens is 252 g/mol. The number of likely N-dealkylation sites (N-methyl/N-ethyl adjacent to an activating group) is 1. The first-order valence-electron chi connectivity index (χ1n) is 6.40. The van der Waals surface area contributed by atoms with Gasteiger partial charge in [-0.05, 0) is 20.3 Å². The van der Waals surface area contributed by atoms with Crippen molar-refractivity contribution in [1.82, 2.24) is 10.2 Å².